The molecule has 0 saturated carbocycles. The van der Waals surface area contributed by atoms with Crippen LogP contribution in [0.15, 0.2) is 18.2 Å². The van der Waals surface area contributed by atoms with Gasteiger partial charge in [-0.2, -0.15) is 23.7 Å². The smallest absolute Gasteiger partial charge is 0.368 e. The molecule has 0 aromatic heterocycles. The van der Waals surface area contributed by atoms with E-state index in [4.69, 9.17) is 10.5 Å². The predicted octanol–water partition coefficient (Wildman–Crippen LogP) is 2.22. The summed E-state index contributed by atoms with van der Waals surface area (Å²) in [6.07, 6.45) is -4.45. The molecule has 1 aromatic rings. The highest BCUT2D eigenvalue weighted by molar-refractivity contribution is 5.61. The van der Waals surface area contributed by atoms with Crippen LogP contribution in [0.2, 0.25) is 0 Å². The van der Waals surface area contributed by atoms with Crippen molar-refractivity contribution in [3.63, 3.8) is 0 Å². The largest absolute Gasteiger partial charge is 0.416 e. The van der Waals surface area contributed by atoms with E-state index < -0.39 is 11.7 Å². The van der Waals surface area contributed by atoms with E-state index in [2.05, 4.69) is 6.07 Å². The van der Waals surface area contributed by atoms with Crippen LogP contribution < -0.4 is 4.90 Å². The van der Waals surface area contributed by atoms with E-state index in [0.29, 0.717) is 38.4 Å². The van der Waals surface area contributed by atoms with Gasteiger partial charge in [-0.25, -0.2) is 0 Å². The maximum absolute atomic E-state index is 12.7. The van der Waals surface area contributed by atoms with Gasteiger partial charge in [-0.1, -0.05) is 0 Å². The minimum Gasteiger partial charge on any atom is -0.368 e. The number of rotatable bonds is 2. The average Bonchev–Trinajstić information content (AvgIpc) is 2.47. The summed E-state index contributed by atoms with van der Waals surface area (Å²) in [5.74, 6) is 0. The summed E-state index contributed by atoms with van der Waals surface area (Å²) >= 11 is 0. The molecule has 1 heterocycles. The van der Waals surface area contributed by atoms with Gasteiger partial charge >= 0.3 is 6.18 Å². The number of nitriles is 2. The van der Waals surface area contributed by atoms with Crippen LogP contribution in [0.4, 0.5) is 18.9 Å². The Labute approximate surface area is 120 Å². The molecule has 7 heteroatoms. The SMILES string of the molecule is N#CCN1CCN(c2ccc(C(F)(F)F)cc2C#N)CC1. The molecule has 0 N–H and O–H groups in total. The van der Waals surface area contributed by atoms with Crippen molar-refractivity contribution in [1.82, 2.24) is 4.90 Å². The highest BCUT2D eigenvalue weighted by atomic mass is 19.4. The molecule has 1 aromatic carbocycles. The van der Waals surface area contributed by atoms with Crippen molar-refractivity contribution in [3.8, 4) is 12.1 Å². The van der Waals surface area contributed by atoms with Gasteiger partial charge in [0.15, 0.2) is 0 Å². The quantitative estimate of drug-likeness (QED) is 0.785. The zero-order chi connectivity index (χ0) is 15.5. The molecule has 0 bridgehead atoms. The molecule has 1 fully saturated rings. The molecule has 4 nitrogen and oxygen atoms in total. The van der Waals surface area contributed by atoms with Crippen LogP contribution >= 0.6 is 0 Å². The maximum Gasteiger partial charge on any atom is 0.416 e. The van der Waals surface area contributed by atoms with Crippen molar-refractivity contribution in [2.24, 2.45) is 0 Å². The van der Waals surface area contributed by atoms with Crippen LogP contribution in [-0.4, -0.2) is 37.6 Å². The van der Waals surface area contributed by atoms with Gasteiger partial charge in [-0.15, -0.1) is 0 Å². The molecule has 1 aliphatic rings. The van der Waals surface area contributed by atoms with Crippen LogP contribution in [0.5, 0.6) is 0 Å². The number of piperazine rings is 1. The lowest BCUT2D eigenvalue weighted by molar-refractivity contribution is -0.137. The minimum absolute atomic E-state index is 0.0264. The van der Waals surface area contributed by atoms with Crippen LogP contribution in [0.1, 0.15) is 11.1 Å². The van der Waals surface area contributed by atoms with Gasteiger partial charge in [-0.3, -0.25) is 4.90 Å². The third kappa shape index (κ3) is 3.45. The monoisotopic (exact) mass is 294 g/mol. The minimum atomic E-state index is -4.45. The molecule has 0 atom stereocenters. The lowest BCUT2D eigenvalue weighted by Crippen LogP contribution is -2.46. The summed E-state index contributed by atoms with van der Waals surface area (Å²) in [7, 11) is 0. The van der Waals surface area contributed by atoms with Gasteiger partial charge in [0.25, 0.3) is 0 Å². The van der Waals surface area contributed by atoms with Gasteiger partial charge in [-0.05, 0) is 18.2 Å². The molecule has 0 aliphatic carbocycles. The summed E-state index contributed by atoms with van der Waals surface area (Å²) in [6, 6.07) is 7.14. The maximum atomic E-state index is 12.7. The molecule has 1 saturated heterocycles. The van der Waals surface area contributed by atoms with Crippen LogP contribution in [-0.2, 0) is 6.18 Å². The van der Waals surface area contributed by atoms with E-state index in [0.717, 1.165) is 12.1 Å². The molecule has 110 valence electrons. The Balaban J connectivity index is 2.18. The van der Waals surface area contributed by atoms with Gasteiger partial charge in [0.1, 0.15) is 6.07 Å². The topological polar surface area (TPSA) is 54.1 Å². The fourth-order valence-electron chi connectivity index (χ4n) is 2.32. The fourth-order valence-corrected chi connectivity index (χ4v) is 2.32. The van der Waals surface area contributed by atoms with E-state index in [1.54, 1.807) is 0 Å². The van der Waals surface area contributed by atoms with Crippen LogP contribution in [0.25, 0.3) is 0 Å². The van der Waals surface area contributed by atoms with Crippen LogP contribution in [0, 0.1) is 22.7 Å². The Kier molecular flexibility index (Phi) is 4.35. The van der Waals surface area contributed by atoms with Gasteiger partial charge in [0, 0.05) is 26.2 Å². The molecule has 1 aliphatic heterocycles. The molecular weight excluding hydrogens is 281 g/mol. The number of alkyl halides is 3. The predicted molar refractivity (Wildman–Crippen MR) is 70.4 cm³/mol. The Bertz CT molecular complexity index is 590. The van der Waals surface area contributed by atoms with Gasteiger partial charge < -0.3 is 4.90 Å². The standard InChI is InChI=1S/C14H13F3N4/c15-14(16,17)12-1-2-13(11(9-12)10-19)21-7-5-20(4-3-18)6-8-21/h1-2,9H,4-8H2. The van der Waals surface area contributed by atoms with E-state index in [9.17, 15) is 13.2 Å². The van der Waals surface area contributed by atoms with Crippen molar-refractivity contribution < 1.29 is 13.2 Å². The number of hydrogen-bond donors (Lipinski definition) is 0. The summed E-state index contributed by atoms with van der Waals surface area (Å²) in [5, 5.41) is 17.7. The zero-order valence-corrected chi connectivity index (χ0v) is 11.2. The lowest BCUT2D eigenvalue weighted by atomic mass is 10.1. The van der Waals surface area contributed by atoms with Crippen molar-refractivity contribution >= 4 is 5.69 Å². The van der Waals surface area contributed by atoms with Crippen molar-refractivity contribution in [2.75, 3.05) is 37.6 Å². The Morgan fingerprint density at radius 2 is 1.76 bits per heavy atom. The van der Waals surface area contributed by atoms with Gasteiger partial charge in [0.05, 0.1) is 29.4 Å². The second-order valence-electron chi connectivity index (χ2n) is 4.76. The molecule has 0 amide bonds. The molecule has 0 spiro atoms. The lowest BCUT2D eigenvalue weighted by Gasteiger charge is -2.35. The Morgan fingerprint density at radius 1 is 1.10 bits per heavy atom. The Hall–Kier alpha value is -2.25. The molecule has 2 rings (SSSR count). The van der Waals surface area contributed by atoms with Crippen molar-refractivity contribution in [3.05, 3.63) is 29.3 Å². The molecule has 21 heavy (non-hydrogen) atoms. The molecule has 0 unspecified atom stereocenters. The summed E-state index contributed by atoms with van der Waals surface area (Å²) < 4.78 is 38.0. The fraction of sp³-hybridized carbons (Fsp3) is 0.429. The van der Waals surface area contributed by atoms with Gasteiger partial charge in [0.2, 0.25) is 0 Å². The number of benzene rings is 1. The van der Waals surface area contributed by atoms with E-state index in [-0.39, 0.29) is 5.56 Å². The molecular formula is C14H13F3N4. The first kappa shape index (κ1) is 15.1. The number of hydrogen-bond acceptors (Lipinski definition) is 4. The number of nitrogens with zero attached hydrogens (tertiary/aromatic N) is 4. The average molecular weight is 294 g/mol. The first-order chi connectivity index (χ1) is 9.95. The van der Waals surface area contributed by atoms with E-state index in [1.807, 2.05) is 15.9 Å². The highest BCUT2D eigenvalue weighted by Gasteiger charge is 2.31. The number of anilines is 1. The third-order valence-corrected chi connectivity index (χ3v) is 3.45. The Morgan fingerprint density at radius 3 is 2.29 bits per heavy atom. The summed E-state index contributed by atoms with van der Waals surface area (Å²) in [4.78, 5) is 3.85. The van der Waals surface area contributed by atoms with E-state index >= 15 is 0 Å². The summed E-state index contributed by atoms with van der Waals surface area (Å²) in [6.45, 7) is 2.81. The molecule has 0 radical (unpaired) electrons. The summed E-state index contributed by atoms with van der Waals surface area (Å²) in [5.41, 5.74) is -0.272. The normalized spacial score (nSPS) is 16.3. The highest BCUT2D eigenvalue weighted by Crippen LogP contribution is 2.32. The van der Waals surface area contributed by atoms with Crippen molar-refractivity contribution in [2.45, 2.75) is 6.18 Å². The second-order valence-corrected chi connectivity index (χ2v) is 4.76. The first-order valence-corrected chi connectivity index (χ1v) is 6.41. The first-order valence-electron chi connectivity index (χ1n) is 6.41. The number of halogens is 3. The second kappa shape index (κ2) is 6.02. The van der Waals surface area contributed by atoms with E-state index in [1.165, 1.54) is 6.07 Å². The van der Waals surface area contributed by atoms with Crippen LogP contribution in [0.3, 0.4) is 0 Å². The third-order valence-electron chi connectivity index (χ3n) is 3.45. The van der Waals surface area contributed by atoms with Crippen molar-refractivity contribution in [1.29, 1.82) is 10.5 Å². The zero-order valence-electron chi connectivity index (χ0n) is 11.2.